The zero-order valence-electron chi connectivity index (χ0n) is 12.3. The summed E-state index contributed by atoms with van der Waals surface area (Å²) in [7, 11) is 1.66. The number of hydrogen-bond donors (Lipinski definition) is 0. The molecule has 3 nitrogen and oxygen atoms in total. The topological polar surface area (TPSA) is 39.1 Å². The Kier molecular flexibility index (Phi) is 2.81. The first-order valence-corrected chi connectivity index (χ1v) is 7.22. The lowest BCUT2D eigenvalue weighted by molar-refractivity contribution is 0.104. The third-order valence-electron chi connectivity index (χ3n) is 4.25. The van der Waals surface area contributed by atoms with Crippen LogP contribution in [0.15, 0.2) is 59.4 Å². The normalized spacial score (nSPS) is 12.2. The van der Waals surface area contributed by atoms with E-state index in [0.717, 1.165) is 5.56 Å². The molecular formula is C19H12FNO2. The number of halogens is 1. The maximum Gasteiger partial charge on any atom is 0.251 e. The molecule has 0 saturated heterocycles. The first-order valence-electron chi connectivity index (χ1n) is 7.22. The lowest BCUT2D eigenvalue weighted by atomic mass is 9.98. The van der Waals surface area contributed by atoms with Crippen LogP contribution in [-0.2, 0) is 7.05 Å². The number of carbonyl (C=O) groups excluding carboxylic acids is 1. The highest BCUT2D eigenvalue weighted by Crippen LogP contribution is 2.40. The predicted molar refractivity (Wildman–Crippen MR) is 85.9 cm³/mol. The van der Waals surface area contributed by atoms with Crippen molar-refractivity contribution in [3.05, 3.63) is 81.9 Å². The monoisotopic (exact) mass is 305 g/mol. The lowest BCUT2D eigenvalue weighted by Crippen LogP contribution is -2.19. The van der Waals surface area contributed by atoms with E-state index in [-0.39, 0.29) is 17.2 Å². The third-order valence-corrected chi connectivity index (χ3v) is 4.25. The minimum Gasteiger partial charge on any atom is -0.311 e. The van der Waals surface area contributed by atoms with Crippen LogP contribution in [0.2, 0.25) is 0 Å². The highest BCUT2D eigenvalue weighted by molar-refractivity contribution is 6.24. The number of benzene rings is 2. The van der Waals surface area contributed by atoms with E-state index in [1.807, 2.05) is 12.1 Å². The first-order chi connectivity index (χ1) is 11.1. The summed E-state index contributed by atoms with van der Waals surface area (Å²) in [4.78, 5) is 25.2. The molecule has 0 spiro atoms. The summed E-state index contributed by atoms with van der Waals surface area (Å²) in [6, 6.07) is 14.5. The van der Waals surface area contributed by atoms with Crippen LogP contribution in [0.1, 0.15) is 15.9 Å². The van der Waals surface area contributed by atoms with Gasteiger partial charge in [0.1, 0.15) is 5.82 Å². The van der Waals surface area contributed by atoms with Crippen molar-refractivity contribution in [1.82, 2.24) is 4.57 Å². The molecule has 4 rings (SSSR count). The van der Waals surface area contributed by atoms with Gasteiger partial charge in [0.25, 0.3) is 5.56 Å². The van der Waals surface area contributed by atoms with Crippen molar-refractivity contribution in [2.45, 2.75) is 0 Å². The second kappa shape index (κ2) is 4.74. The van der Waals surface area contributed by atoms with E-state index < -0.39 is 0 Å². The number of pyridine rings is 1. The molecule has 0 N–H and O–H groups in total. The maximum atomic E-state index is 13.2. The van der Waals surface area contributed by atoms with E-state index in [0.29, 0.717) is 27.9 Å². The summed E-state index contributed by atoms with van der Waals surface area (Å²) in [5.74, 6) is -0.464. The van der Waals surface area contributed by atoms with Gasteiger partial charge in [0.15, 0.2) is 5.78 Å². The number of ketones is 1. The molecule has 112 valence electrons. The fourth-order valence-corrected chi connectivity index (χ4v) is 3.12. The second-order valence-corrected chi connectivity index (χ2v) is 5.56. The first kappa shape index (κ1) is 13.6. The Balaban J connectivity index is 2.10. The van der Waals surface area contributed by atoms with Gasteiger partial charge in [-0.25, -0.2) is 4.39 Å². The average molecular weight is 305 g/mol. The number of hydrogen-bond acceptors (Lipinski definition) is 2. The van der Waals surface area contributed by atoms with Gasteiger partial charge in [0, 0.05) is 29.8 Å². The highest BCUT2D eigenvalue weighted by Gasteiger charge is 2.31. The van der Waals surface area contributed by atoms with Crippen LogP contribution in [0.25, 0.3) is 22.4 Å². The zero-order chi connectivity index (χ0) is 16.1. The zero-order valence-corrected chi connectivity index (χ0v) is 12.3. The van der Waals surface area contributed by atoms with Crippen LogP contribution in [0.3, 0.4) is 0 Å². The Labute approximate surface area is 131 Å². The fourth-order valence-electron chi connectivity index (χ4n) is 3.12. The Hall–Kier alpha value is -3.01. The minimum atomic E-state index is -0.358. The van der Waals surface area contributed by atoms with Gasteiger partial charge in [-0.1, -0.05) is 36.4 Å². The summed E-state index contributed by atoms with van der Waals surface area (Å²) in [5.41, 5.74) is 3.47. The molecule has 0 unspecified atom stereocenters. The molecule has 0 saturated carbocycles. The smallest absolute Gasteiger partial charge is 0.251 e. The molecule has 2 aromatic carbocycles. The number of fused-ring (bicyclic) bond motifs is 3. The average Bonchev–Trinajstić information content (AvgIpc) is 2.86. The molecule has 0 radical (unpaired) electrons. The van der Waals surface area contributed by atoms with Crippen molar-refractivity contribution in [3.8, 4) is 22.4 Å². The van der Waals surface area contributed by atoms with Gasteiger partial charge in [-0.2, -0.15) is 0 Å². The van der Waals surface area contributed by atoms with E-state index in [4.69, 9.17) is 0 Å². The molecule has 1 aliphatic carbocycles. The standard InChI is InChI=1S/C19H12FNO2/c1-21-16(22)10-15(11-6-8-12(20)9-7-11)17-18(21)13-4-2-3-5-14(13)19(17)23/h2-10H,1H3. The van der Waals surface area contributed by atoms with E-state index in [2.05, 4.69) is 0 Å². The van der Waals surface area contributed by atoms with Crippen molar-refractivity contribution in [3.63, 3.8) is 0 Å². The second-order valence-electron chi connectivity index (χ2n) is 5.56. The summed E-state index contributed by atoms with van der Waals surface area (Å²) in [6.45, 7) is 0. The quantitative estimate of drug-likeness (QED) is 0.540. The molecule has 1 aliphatic rings. The van der Waals surface area contributed by atoms with Gasteiger partial charge in [-0.05, 0) is 17.7 Å². The van der Waals surface area contributed by atoms with Crippen molar-refractivity contribution in [2.24, 2.45) is 7.05 Å². The molecule has 1 aromatic heterocycles. The van der Waals surface area contributed by atoms with Crippen LogP contribution in [0.5, 0.6) is 0 Å². The molecule has 23 heavy (non-hydrogen) atoms. The summed E-state index contributed by atoms with van der Waals surface area (Å²) in [6.07, 6.45) is 0. The van der Waals surface area contributed by atoms with Crippen molar-refractivity contribution in [1.29, 1.82) is 0 Å². The van der Waals surface area contributed by atoms with E-state index in [9.17, 15) is 14.0 Å². The van der Waals surface area contributed by atoms with Crippen molar-refractivity contribution < 1.29 is 9.18 Å². The molecule has 3 aromatic rings. The number of rotatable bonds is 1. The largest absolute Gasteiger partial charge is 0.311 e. The molecule has 0 fully saturated rings. The van der Waals surface area contributed by atoms with Crippen LogP contribution in [0.4, 0.5) is 4.39 Å². The van der Waals surface area contributed by atoms with Gasteiger partial charge in [0.2, 0.25) is 0 Å². The highest BCUT2D eigenvalue weighted by atomic mass is 19.1. The molecular weight excluding hydrogens is 293 g/mol. The molecule has 0 amide bonds. The summed E-state index contributed by atoms with van der Waals surface area (Å²) in [5, 5.41) is 0. The molecule has 0 bridgehead atoms. The Morgan fingerprint density at radius 3 is 2.22 bits per heavy atom. The molecule has 1 heterocycles. The van der Waals surface area contributed by atoms with Crippen LogP contribution in [0, 0.1) is 5.82 Å². The Bertz CT molecular complexity index is 1020. The summed E-state index contributed by atoms with van der Waals surface area (Å²) < 4.78 is 14.7. The summed E-state index contributed by atoms with van der Waals surface area (Å²) >= 11 is 0. The number of nitrogens with zero attached hydrogens (tertiary/aromatic N) is 1. The van der Waals surface area contributed by atoms with Crippen LogP contribution >= 0.6 is 0 Å². The van der Waals surface area contributed by atoms with Gasteiger partial charge in [-0.3, -0.25) is 9.59 Å². The Morgan fingerprint density at radius 2 is 1.52 bits per heavy atom. The van der Waals surface area contributed by atoms with Crippen molar-refractivity contribution >= 4 is 5.78 Å². The van der Waals surface area contributed by atoms with Gasteiger partial charge in [-0.15, -0.1) is 0 Å². The van der Waals surface area contributed by atoms with Crippen LogP contribution < -0.4 is 5.56 Å². The number of carbonyl (C=O) groups is 1. The van der Waals surface area contributed by atoms with E-state index in [1.54, 1.807) is 31.3 Å². The third kappa shape index (κ3) is 1.88. The van der Waals surface area contributed by atoms with Gasteiger partial charge < -0.3 is 4.57 Å². The Morgan fingerprint density at radius 1 is 0.870 bits per heavy atom. The molecule has 0 aliphatic heterocycles. The lowest BCUT2D eigenvalue weighted by Gasteiger charge is -2.11. The van der Waals surface area contributed by atoms with Gasteiger partial charge >= 0.3 is 0 Å². The van der Waals surface area contributed by atoms with E-state index >= 15 is 0 Å². The molecule has 0 atom stereocenters. The molecule has 4 heteroatoms. The van der Waals surface area contributed by atoms with Gasteiger partial charge in [0.05, 0.1) is 11.3 Å². The minimum absolute atomic E-state index is 0.106. The predicted octanol–water partition coefficient (Wildman–Crippen LogP) is 3.40. The SMILES string of the molecule is Cn1c2c(c(-c3ccc(F)cc3)cc1=O)C(=O)c1ccccc1-2. The maximum absolute atomic E-state index is 13.2. The fraction of sp³-hybridized carbons (Fsp3) is 0.0526. The van der Waals surface area contributed by atoms with Crippen LogP contribution in [-0.4, -0.2) is 10.4 Å². The van der Waals surface area contributed by atoms with E-state index in [1.165, 1.54) is 22.8 Å². The van der Waals surface area contributed by atoms with Crippen molar-refractivity contribution in [2.75, 3.05) is 0 Å². The number of aromatic nitrogens is 1.